The van der Waals surface area contributed by atoms with Gasteiger partial charge in [-0.2, -0.15) is 5.10 Å². The molecule has 2 rings (SSSR count). The first-order valence-electron chi connectivity index (χ1n) is 7.39. The Balaban J connectivity index is 1.91. The van der Waals surface area contributed by atoms with Gasteiger partial charge in [0.25, 0.3) is 0 Å². The van der Waals surface area contributed by atoms with E-state index in [1.54, 1.807) is 0 Å². The molecule has 1 fully saturated rings. The standard InChI is InChI=1S/C15H26N4O/c1-12-8-17-18(10-12)11-13-6-5-7-19(13)14(20)9-16-15(2,3)4/h8,10,13,16H,5-7,9,11H2,1-4H3. The Kier molecular flexibility index (Phi) is 4.48. The Hall–Kier alpha value is -1.36. The van der Waals surface area contributed by atoms with Gasteiger partial charge < -0.3 is 10.2 Å². The second kappa shape index (κ2) is 5.95. The van der Waals surface area contributed by atoms with Crippen LogP contribution in [-0.2, 0) is 11.3 Å². The van der Waals surface area contributed by atoms with E-state index in [-0.39, 0.29) is 17.5 Å². The molecule has 1 saturated heterocycles. The molecule has 0 spiro atoms. The quantitative estimate of drug-likeness (QED) is 0.909. The molecule has 5 heteroatoms. The van der Waals surface area contributed by atoms with E-state index in [4.69, 9.17) is 0 Å². The smallest absolute Gasteiger partial charge is 0.236 e. The SMILES string of the molecule is Cc1cnn(CC2CCCN2C(=O)CNC(C)(C)C)c1. The maximum Gasteiger partial charge on any atom is 0.236 e. The highest BCUT2D eigenvalue weighted by molar-refractivity contribution is 5.79. The predicted molar refractivity (Wildman–Crippen MR) is 79.5 cm³/mol. The van der Waals surface area contributed by atoms with Gasteiger partial charge in [-0.05, 0) is 46.1 Å². The fraction of sp³-hybridized carbons (Fsp3) is 0.733. The third-order valence-corrected chi connectivity index (χ3v) is 3.63. The highest BCUT2D eigenvalue weighted by Crippen LogP contribution is 2.19. The monoisotopic (exact) mass is 278 g/mol. The molecule has 2 heterocycles. The molecule has 5 nitrogen and oxygen atoms in total. The summed E-state index contributed by atoms with van der Waals surface area (Å²) in [6.07, 6.45) is 6.06. The lowest BCUT2D eigenvalue weighted by atomic mass is 10.1. The highest BCUT2D eigenvalue weighted by Gasteiger charge is 2.29. The molecular formula is C15H26N4O. The van der Waals surface area contributed by atoms with Gasteiger partial charge in [-0.25, -0.2) is 0 Å². The van der Waals surface area contributed by atoms with Crippen molar-refractivity contribution in [2.75, 3.05) is 13.1 Å². The van der Waals surface area contributed by atoms with Gasteiger partial charge >= 0.3 is 0 Å². The second-order valence-corrected chi connectivity index (χ2v) is 6.73. The van der Waals surface area contributed by atoms with Crippen molar-refractivity contribution in [3.05, 3.63) is 18.0 Å². The normalized spacial score (nSPS) is 19.6. The molecule has 1 aromatic rings. The molecule has 1 unspecified atom stereocenters. The van der Waals surface area contributed by atoms with E-state index in [1.165, 1.54) is 0 Å². The molecule has 112 valence electrons. The molecule has 1 aromatic heterocycles. The Bertz CT molecular complexity index is 461. The summed E-state index contributed by atoms with van der Waals surface area (Å²) in [6, 6.07) is 0.281. The van der Waals surface area contributed by atoms with Crippen LogP contribution in [0, 0.1) is 6.92 Å². The van der Waals surface area contributed by atoms with Crippen molar-refractivity contribution in [1.29, 1.82) is 0 Å². The van der Waals surface area contributed by atoms with E-state index >= 15 is 0 Å². The number of carbonyl (C=O) groups excluding carboxylic acids is 1. The lowest BCUT2D eigenvalue weighted by molar-refractivity contribution is -0.131. The minimum Gasteiger partial charge on any atom is -0.337 e. The number of hydrogen-bond acceptors (Lipinski definition) is 3. The molecule has 1 aliphatic heterocycles. The first kappa shape index (κ1) is 15.0. The summed E-state index contributed by atoms with van der Waals surface area (Å²) >= 11 is 0. The van der Waals surface area contributed by atoms with Crippen molar-refractivity contribution in [2.45, 2.75) is 58.7 Å². The van der Waals surface area contributed by atoms with E-state index in [9.17, 15) is 4.79 Å². The van der Waals surface area contributed by atoms with Crippen LogP contribution in [-0.4, -0.2) is 45.3 Å². The highest BCUT2D eigenvalue weighted by atomic mass is 16.2. The summed E-state index contributed by atoms with van der Waals surface area (Å²) in [4.78, 5) is 14.3. The fourth-order valence-corrected chi connectivity index (χ4v) is 2.58. The number of hydrogen-bond donors (Lipinski definition) is 1. The molecule has 1 amide bonds. The zero-order valence-electron chi connectivity index (χ0n) is 13.0. The van der Waals surface area contributed by atoms with Crippen LogP contribution in [0.25, 0.3) is 0 Å². The Morgan fingerprint density at radius 2 is 2.25 bits per heavy atom. The molecule has 0 radical (unpaired) electrons. The van der Waals surface area contributed by atoms with Gasteiger partial charge in [0.15, 0.2) is 0 Å². The van der Waals surface area contributed by atoms with E-state index in [0.29, 0.717) is 6.54 Å². The molecule has 1 aliphatic rings. The van der Waals surface area contributed by atoms with E-state index in [2.05, 4.69) is 31.2 Å². The van der Waals surface area contributed by atoms with Gasteiger partial charge in [-0.1, -0.05) is 0 Å². The van der Waals surface area contributed by atoms with Crippen molar-refractivity contribution in [1.82, 2.24) is 20.0 Å². The summed E-state index contributed by atoms with van der Waals surface area (Å²) in [5.74, 6) is 0.200. The van der Waals surface area contributed by atoms with Gasteiger partial charge in [0.05, 0.1) is 25.3 Å². The number of amides is 1. The number of aromatic nitrogens is 2. The van der Waals surface area contributed by atoms with Crippen LogP contribution < -0.4 is 5.32 Å². The van der Waals surface area contributed by atoms with Gasteiger partial charge in [0, 0.05) is 18.3 Å². The third kappa shape index (κ3) is 4.07. The average molecular weight is 278 g/mol. The van der Waals surface area contributed by atoms with Crippen LogP contribution in [0.15, 0.2) is 12.4 Å². The van der Waals surface area contributed by atoms with E-state index in [1.807, 2.05) is 28.9 Å². The number of aryl methyl sites for hydroxylation is 1. The first-order valence-corrected chi connectivity index (χ1v) is 7.39. The summed E-state index contributed by atoms with van der Waals surface area (Å²) in [6.45, 7) is 10.4. The van der Waals surface area contributed by atoms with Gasteiger partial charge in [-0.3, -0.25) is 9.48 Å². The zero-order chi connectivity index (χ0) is 14.8. The van der Waals surface area contributed by atoms with Gasteiger partial charge in [-0.15, -0.1) is 0 Å². The molecular weight excluding hydrogens is 252 g/mol. The van der Waals surface area contributed by atoms with E-state index < -0.39 is 0 Å². The number of carbonyl (C=O) groups is 1. The van der Waals surface area contributed by atoms with Crippen LogP contribution in [0.1, 0.15) is 39.2 Å². The second-order valence-electron chi connectivity index (χ2n) is 6.73. The predicted octanol–water partition coefficient (Wildman–Crippen LogP) is 1.57. The molecule has 0 bridgehead atoms. The number of nitrogens with one attached hydrogen (secondary N) is 1. The van der Waals surface area contributed by atoms with Crippen LogP contribution >= 0.6 is 0 Å². The van der Waals surface area contributed by atoms with Crippen molar-refractivity contribution in [3.63, 3.8) is 0 Å². The first-order chi connectivity index (χ1) is 9.35. The molecule has 0 aromatic carbocycles. The largest absolute Gasteiger partial charge is 0.337 e. The van der Waals surface area contributed by atoms with Crippen molar-refractivity contribution in [2.24, 2.45) is 0 Å². The molecule has 1 N–H and O–H groups in total. The maximum atomic E-state index is 12.3. The number of likely N-dealkylation sites (tertiary alicyclic amines) is 1. The summed E-state index contributed by atoms with van der Waals surface area (Å²) < 4.78 is 1.95. The minimum atomic E-state index is -0.0238. The Morgan fingerprint density at radius 3 is 2.85 bits per heavy atom. The lowest BCUT2D eigenvalue weighted by Crippen LogP contribution is -2.47. The van der Waals surface area contributed by atoms with Crippen molar-refractivity contribution in [3.8, 4) is 0 Å². The van der Waals surface area contributed by atoms with Crippen LogP contribution in [0.3, 0.4) is 0 Å². The lowest BCUT2D eigenvalue weighted by Gasteiger charge is -2.27. The molecule has 1 atom stereocenters. The van der Waals surface area contributed by atoms with E-state index in [0.717, 1.165) is 31.5 Å². The minimum absolute atomic E-state index is 0.0238. The van der Waals surface area contributed by atoms with Gasteiger partial charge in [0.1, 0.15) is 0 Å². The summed E-state index contributed by atoms with van der Waals surface area (Å²) in [5, 5.41) is 7.59. The average Bonchev–Trinajstić information content (AvgIpc) is 2.95. The van der Waals surface area contributed by atoms with Crippen LogP contribution in [0.2, 0.25) is 0 Å². The van der Waals surface area contributed by atoms with Crippen molar-refractivity contribution < 1.29 is 4.79 Å². The zero-order valence-corrected chi connectivity index (χ0v) is 13.0. The Labute approximate surface area is 121 Å². The molecule has 0 aliphatic carbocycles. The third-order valence-electron chi connectivity index (χ3n) is 3.63. The fourth-order valence-electron chi connectivity index (χ4n) is 2.58. The summed E-state index contributed by atoms with van der Waals surface area (Å²) in [5.41, 5.74) is 1.14. The number of rotatable bonds is 4. The Morgan fingerprint density at radius 1 is 1.50 bits per heavy atom. The molecule has 20 heavy (non-hydrogen) atoms. The maximum absolute atomic E-state index is 12.3. The van der Waals surface area contributed by atoms with Crippen molar-refractivity contribution >= 4 is 5.91 Å². The van der Waals surface area contributed by atoms with Gasteiger partial charge in [0.2, 0.25) is 5.91 Å². The van der Waals surface area contributed by atoms with Crippen LogP contribution in [0.5, 0.6) is 0 Å². The summed E-state index contributed by atoms with van der Waals surface area (Å²) in [7, 11) is 0. The number of nitrogens with zero attached hydrogens (tertiary/aromatic N) is 3. The molecule has 0 saturated carbocycles. The van der Waals surface area contributed by atoms with Crippen LogP contribution in [0.4, 0.5) is 0 Å². The topological polar surface area (TPSA) is 50.2 Å².